The number of rotatable bonds is 8. The SMILES string of the molecule is COCCNC(=NCC(=O)N(C)C)NC(C)COC.I. The summed E-state index contributed by atoms with van der Waals surface area (Å²) in [6.45, 7) is 3.84. The molecule has 0 radical (unpaired) electrons. The molecular weight excluding hydrogens is 375 g/mol. The Bertz CT molecular complexity index is 288. The van der Waals surface area contributed by atoms with E-state index in [1.807, 2.05) is 6.92 Å². The Morgan fingerprint density at radius 1 is 1.30 bits per heavy atom. The molecule has 0 heterocycles. The van der Waals surface area contributed by atoms with Crippen molar-refractivity contribution in [3.8, 4) is 0 Å². The monoisotopic (exact) mass is 402 g/mol. The van der Waals surface area contributed by atoms with Gasteiger partial charge in [-0.1, -0.05) is 0 Å². The average Bonchev–Trinajstić information content (AvgIpc) is 2.35. The van der Waals surface area contributed by atoms with Crippen molar-refractivity contribution in [2.45, 2.75) is 13.0 Å². The number of methoxy groups -OCH3 is 2. The van der Waals surface area contributed by atoms with E-state index in [2.05, 4.69) is 15.6 Å². The van der Waals surface area contributed by atoms with Gasteiger partial charge in [-0.2, -0.15) is 0 Å². The Morgan fingerprint density at radius 3 is 2.45 bits per heavy atom. The number of ether oxygens (including phenoxy) is 2. The van der Waals surface area contributed by atoms with E-state index in [1.54, 1.807) is 28.3 Å². The van der Waals surface area contributed by atoms with Crippen LogP contribution in [0.25, 0.3) is 0 Å². The van der Waals surface area contributed by atoms with E-state index in [0.29, 0.717) is 25.7 Å². The molecule has 0 aromatic heterocycles. The maximum Gasteiger partial charge on any atom is 0.243 e. The number of hydrogen-bond acceptors (Lipinski definition) is 4. The molecule has 0 aromatic carbocycles. The molecule has 20 heavy (non-hydrogen) atoms. The minimum Gasteiger partial charge on any atom is -0.383 e. The zero-order valence-electron chi connectivity index (χ0n) is 12.9. The number of carbonyl (C=O) groups excluding carboxylic acids is 1. The van der Waals surface area contributed by atoms with Crippen LogP contribution in [0.1, 0.15) is 6.92 Å². The molecule has 1 atom stereocenters. The van der Waals surface area contributed by atoms with Gasteiger partial charge in [-0.05, 0) is 6.92 Å². The van der Waals surface area contributed by atoms with Gasteiger partial charge in [0.05, 0.1) is 13.2 Å². The summed E-state index contributed by atoms with van der Waals surface area (Å²) in [7, 11) is 6.69. The first-order valence-corrected chi connectivity index (χ1v) is 6.24. The molecule has 0 fully saturated rings. The predicted molar refractivity (Wildman–Crippen MR) is 90.8 cm³/mol. The third-order valence-electron chi connectivity index (χ3n) is 2.27. The second kappa shape index (κ2) is 13.4. The number of aliphatic imine (C=N–C) groups is 1. The highest BCUT2D eigenvalue weighted by Gasteiger charge is 2.07. The maximum absolute atomic E-state index is 11.5. The van der Waals surface area contributed by atoms with Gasteiger partial charge in [-0.15, -0.1) is 24.0 Å². The lowest BCUT2D eigenvalue weighted by molar-refractivity contribution is -0.127. The van der Waals surface area contributed by atoms with Crippen LogP contribution in [0.4, 0.5) is 0 Å². The van der Waals surface area contributed by atoms with E-state index in [4.69, 9.17) is 9.47 Å². The van der Waals surface area contributed by atoms with Crippen LogP contribution >= 0.6 is 24.0 Å². The molecule has 0 bridgehead atoms. The van der Waals surface area contributed by atoms with Crippen LogP contribution in [0.3, 0.4) is 0 Å². The fourth-order valence-electron chi connectivity index (χ4n) is 1.24. The highest BCUT2D eigenvalue weighted by atomic mass is 127. The summed E-state index contributed by atoms with van der Waals surface area (Å²) in [6, 6.07) is 0.105. The van der Waals surface area contributed by atoms with Gasteiger partial charge in [0, 0.05) is 40.9 Å². The lowest BCUT2D eigenvalue weighted by Crippen LogP contribution is -2.45. The van der Waals surface area contributed by atoms with Gasteiger partial charge in [0.1, 0.15) is 6.54 Å². The van der Waals surface area contributed by atoms with Gasteiger partial charge in [0.15, 0.2) is 5.96 Å². The normalized spacial score (nSPS) is 12.3. The Hall–Kier alpha value is -0.610. The van der Waals surface area contributed by atoms with Gasteiger partial charge in [-0.25, -0.2) is 4.99 Å². The molecule has 0 saturated heterocycles. The molecule has 0 aliphatic carbocycles. The molecule has 0 aromatic rings. The summed E-state index contributed by atoms with van der Waals surface area (Å²) in [6.07, 6.45) is 0. The van der Waals surface area contributed by atoms with Gasteiger partial charge in [-0.3, -0.25) is 4.79 Å². The Kier molecular flexibility index (Phi) is 14.5. The maximum atomic E-state index is 11.5. The van der Waals surface area contributed by atoms with Crippen molar-refractivity contribution in [3.63, 3.8) is 0 Å². The number of likely N-dealkylation sites (N-methyl/N-ethyl adjacent to an activating group) is 1. The van der Waals surface area contributed by atoms with E-state index in [9.17, 15) is 4.79 Å². The second-order valence-corrected chi connectivity index (χ2v) is 4.37. The predicted octanol–water partition coefficient (Wildman–Crippen LogP) is -0.0909. The minimum absolute atomic E-state index is 0. The molecule has 0 saturated carbocycles. The average molecular weight is 402 g/mol. The highest BCUT2D eigenvalue weighted by Crippen LogP contribution is 1.85. The lowest BCUT2D eigenvalue weighted by Gasteiger charge is -2.18. The van der Waals surface area contributed by atoms with Crippen molar-refractivity contribution >= 4 is 35.8 Å². The van der Waals surface area contributed by atoms with Crippen molar-refractivity contribution in [1.29, 1.82) is 0 Å². The smallest absolute Gasteiger partial charge is 0.243 e. The summed E-state index contributed by atoms with van der Waals surface area (Å²) < 4.78 is 10.0. The van der Waals surface area contributed by atoms with Crippen LogP contribution < -0.4 is 10.6 Å². The van der Waals surface area contributed by atoms with E-state index >= 15 is 0 Å². The molecule has 2 N–H and O–H groups in total. The van der Waals surface area contributed by atoms with E-state index in [0.717, 1.165) is 0 Å². The van der Waals surface area contributed by atoms with Crippen LogP contribution in [-0.4, -0.2) is 77.4 Å². The first-order chi connectivity index (χ1) is 9.01. The van der Waals surface area contributed by atoms with Crippen molar-refractivity contribution in [1.82, 2.24) is 15.5 Å². The van der Waals surface area contributed by atoms with E-state index < -0.39 is 0 Å². The third kappa shape index (κ3) is 11.2. The number of amides is 1. The van der Waals surface area contributed by atoms with Crippen molar-refractivity contribution in [2.24, 2.45) is 4.99 Å². The number of halogens is 1. The summed E-state index contributed by atoms with van der Waals surface area (Å²) in [4.78, 5) is 17.2. The number of nitrogens with zero attached hydrogens (tertiary/aromatic N) is 2. The summed E-state index contributed by atoms with van der Waals surface area (Å²) >= 11 is 0. The molecule has 0 aliphatic rings. The molecular formula is C12H27IN4O3. The Balaban J connectivity index is 0. The van der Waals surface area contributed by atoms with Gasteiger partial charge >= 0.3 is 0 Å². The molecule has 8 heteroatoms. The topological polar surface area (TPSA) is 75.2 Å². The third-order valence-corrected chi connectivity index (χ3v) is 2.27. The van der Waals surface area contributed by atoms with E-state index in [1.165, 1.54) is 4.90 Å². The molecule has 0 aliphatic heterocycles. The van der Waals surface area contributed by atoms with Gasteiger partial charge in [0.2, 0.25) is 5.91 Å². The summed E-state index contributed by atoms with van der Waals surface area (Å²) in [5.41, 5.74) is 0. The number of nitrogens with one attached hydrogen (secondary N) is 2. The minimum atomic E-state index is -0.0489. The first kappa shape index (κ1) is 21.7. The summed E-state index contributed by atoms with van der Waals surface area (Å²) in [5.74, 6) is 0.532. The zero-order chi connectivity index (χ0) is 14.7. The number of carbonyl (C=O) groups is 1. The van der Waals surface area contributed by atoms with Crippen molar-refractivity contribution in [3.05, 3.63) is 0 Å². The molecule has 7 nitrogen and oxygen atoms in total. The van der Waals surface area contributed by atoms with Crippen LogP contribution in [0.15, 0.2) is 4.99 Å². The second-order valence-electron chi connectivity index (χ2n) is 4.37. The first-order valence-electron chi connectivity index (χ1n) is 6.24. The molecule has 1 unspecified atom stereocenters. The van der Waals surface area contributed by atoms with Crippen molar-refractivity contribution in [2.75, 3.05) is 54.6 Å². The van der Waals surface area contributed by atoms with Crippen LogP contribution in [0, 0.1) is 0 Å². The fourth-order valence-corrected chi connectivity index (χ4v) is 1.24. The molecule has 120 valence electrons. The van der Waals surface area contributed by atoms with Crippen LogP contribution in [0.2, 0.25) is 0 Å². The van der Waals surface area contributed by atoms with Crippen LogP contribution in [-0.2, 0) is 14.3 Å². The standard InChI is InChI=1S/C12H26N4O3.HI/c1-10(9-19-5)15-12(13-6-7-18-4)14-8-11(17)16(2)3;/h10H,6-9H2,1-5H3,(H2,13,14,15);1H. The van der Waals surface area contributed by atoms with Gasteiger partial charge in [0.25, 0.3) is 0 Å². The Morgan fingerprint density at radius 2 is 1.95 bits per heavy atom. The zero-order valence-corrected chi connectivity index (χ0v) is 15.3. The molecule has 0 spiro atoms. The highest BCUT2D eigenvalue weighted by molar-refractivity contribution is 14.0. The largest absolute Gasteiger partial charge is 0.383 e. The Labute approximate surface area is 138 Å². The number of hydrogen-bond donors (Lipinski definition) is 2. The van der Waals surface area contributed by atoms with E-state index in [-0.39, 0.29) is 42.5 Å². The molecule has 0 rings (SSSR count). The van der Waals surface area contributed by atoms with Crippen molar-refractivity contribution < 1.29 is 14.3 Å². The number of guanidine groups is 1. The fraction of sp³-hybridized carbons (Fsp3) is 0.833. The molecule has 1 amide bonds. The lowest BCUT2D eigenvalue weighted by atomic mass is 10.4. The summed E-state index contributed by atoms with van der Waals surface area (Å²) in [5, 5.41) is 6.25. The van der Waals surface area contributed by atoms with Gasteiger partial charge < -0.3 is 25.0 Å². The van der Waals surface area contributed by atoms with Crippen LogP contribution in [0.5, 0.6) is 0 Å². The quantitative estimate of drug-likeness (QED) is 0.257.